The fourth-order valence-electron chi connectivity index (χ4n) is 2.69. The van der Waals surface area contributed by atoms with Gasteiger partial charge in [-0.2, -0.15) is 0 Å². The Labute approximate surface area is 170 Å². The number of hydrogen-bond acceptors (Lipinski definition) is 5. The van der Waals surface area contributed by atoms with Crippen LogP contribution >= 0.6 is 0 Å². The first-order valence-electron chi connectivity index (χ1n) is 9.36. The van der Waals surface area contributed by atoms with Gasteiger partial charge in [-0.25, -0.2) is 4.79 Å². The van der Waals surface area contributed by atoms with Gasteiger partial charge in [0.1, 0.15) is 5.75 Å². The van der Waals surface area contributed by atoms with E-state index in [0.29, 0.717) is 17.2 Å². The van der Waals surface area contributed by atoms with Crippen LogP contribution in [0.5, 0.6) is 5.75 Å². The Hall–Kier alpha value is -3.35. The van der Waals surface area contributed by atoms with Gasteiger partial charge in [-0.1, -0.05) is 38.1 Å². The van der Waals surface area contributed by atoms with Crippen LogP contribution < -0.4 is 15.6 Å². The van der Waals surface area contributed by atoms with E-state index in [2.05, 4.69) is 24.7 Å². The Kier molecular flexibility index (Phi) is 7.77. The Morgan fingerprint density at radius 2 is 1.66 bits per heavy atom. The number of nitrogens with one attached hydrogen (secondary N) is 2. The minimum absolute atomic E-state index is 0.325. The Balaban J connectivity index is 1.77. The molecule has 0 fully saturated rings. The summed E-state index contributed by atoms with van der Waals surface area (Å²) in [5.74, 6) is -0.861. The van der Waals surface area contributed by atoms with E-state index in [4.69, 9.17) is 9.47 Å². The molecule has 0 saturated carbocycles. The van der Waals surface area contributed by atoms with Crippen LogP contribution in [0.2, 0.25) is 0 Å². The van der Waals surface area contributed by atoms with Crippen molar-refractivity contribution >= 4 is 17.8 Å². The maximum atomic E-state index is 12.0. The average Bonchev–Trinajstić information content (AvgIpc) is 2.70. The Morgan fingerprint density at radius 3 is 2.28 bits per heavy atom. The third-order valence-electron chi connectivity index (χ3n) is 4.23. The van der Waals surface area contributed by atoms with E-state index in [9.17, 15) is 14.4 Å². The van der Waals surface area contributed by atoms with Crippen molar-refractivity contribution in [3.8, 4) is 5.75 Å². The zero-order valence-corrected chi connectivity index (χ0v) is 17.0. The largest absolute Gasteiger partial charge is 0.482 e. The Bertz CT molecular complexity index is 865. The van der Waals surface area contributed by atoms with Gasteiger partial charge >= 0.3 is 5.97 Å². The fraction of sp³-hybridized carbons (Fsp3) is 0.318. The van der Waals surface area contributed by atoms with Gasteiger partial charge in [-0.3, -0.25) is 20.4 Å². The number of rotatable bonds is 7. The van der Waals surface area contributed by atoms with Crippen molar-refractivity contribution in [3.05, 3.63) is 65.2 Å². The van der Waals surface area contributed by atoms with Crippen molar-refractivity contribution in [3.63, 3.8) is 0 Å². The molecule has 0 unspecified atom stereocenters. The topological polar surface area (TPSA) is 93.7 Å². The molecule has 29 heavy (non-hydrogen) atoms. The molecule has 7 heteroatoms. The van der Waals surface area contributed by atoms with Gasteiger partial charge in [-0.15, -0.1) is 0 Å². The molecule has 0 heterocycles. The van der Waals surface area contributed by atoms with Crippen LogP contribution in [0.3, 0.4) is 0 Å². The van der Waals surface area contributed by atoms with Crippen LogP contribution in [-0.4, -0.2) is 30.5 Å². The number of hydrogen-bond donors (Lipinski definition) is 2. The van der Waals surface area contributed by atoms with Crippen molar-refractivity contribution in [1.29, 1.82) is 0 Å². The van der Waals surface area contributed by atoms with Crippen molar-refractivity contribution < 1.29 is 23.9 Å². The van der Waals surface area contributed by atoms with E-state index >= 15 is 0 Å². The molecule has 154 valence electrons. The highest BCUT2D eigenvalue weighted by Crippen LogP contribution is 2.23. The van der Waals surface area contributed by atoms with Gasteiger partial charge in [0.25, 0.3) is 11.8 Å². The summed E-state index contributed by atoms with van der Waals surface area (Å²) >= 11 is 0. The van der Waals surface area contributed by atoms with E-state index in [1.54, 1.807) is 36.4 Å². The summed E-state index contributed by atoms with van der Waals surface area (Å²) in [5, 5.41) is 0. The first kappa shape index (κ1) is 21.9. The lowest BCUT2D eigenvalue weighted by molar-refractivity contribution is -0.156. The van der Waals surface area contributed by atoms with Gasteiger partial charge in [0.2, 0.25) is 0 Å². The second-order valence-electron chi connectivity index (χ2n) is 6.90. The summed E-state index contributed by atoms with van der Waals surface area (Å²) in [5.41, 5.74) is 7.18. The lowest BCUT2D eigenvalue weighted by atomic mass is 9.98. The highest BCUT2D eigenvalue weighted by Gasteiger charge is 2.19. The standard InChI is InChI=1S/C22H26N2O5/c1-14(2)19-11-10-18(12-15(19)3)28-13-20(25)29-16(4)21(26)23-24-22(27)17-8-6-5-7-9-17/h5-12,14,16H,13H2,1-4H3,(H,23,26)(H,24,27)/t16-/m0/s1. The van der Waals surface area contributed by atoms with E-state index in [0.717, 1.165) is 5.56 Å². The lowest BCUT2D eigenvalue weighted by Gasteiger charge is -2.15. The van der Waals surface area contributed by atoms with Crippen molar-refractivity contribution in [1.82, 2.24) is 10.9 Å². The number of aryl methyl sites for hydroxylation is 1. The number of carbonyl (C=O) groups excluding carboxylic acids is 3. The van der Waals surface area contributed by atoms with E-state index in [1.165, 1.54) is 12.5 Å². The smallest absolute Gasteiger partial charge is 0.344 e. The average molecular weight is 398 g/mol. The Morgan fingerprint density at radius 1 is 0.966 bits per heavy atom. The highest BCUT2D eigenvalue weighted by atomic mass is 16.6. The van der Waals surface area contributed by atoms with Crippen LogP contribution in [-0.2, 0) is 14.3 Å². The molecular formula is C22H26N2O5. The molecule has 0 aliphatic carbocycles. The third kappa shape index (κ3) is 6.64. The monoisotopic (exact) mass is 398 g/mol. The van der Waals surface area contributed by atoms with Gasteiger partial charge in [0.05, 0.1) is 0 Å². The summed E-state index contributed by atoms with van der Waals surface area (Å²) in [6, 6.07) is 14.0. The lowest BCUT2D eigenvalue weighted by Crippen LogP contribution is -2.47. The van der Waals surface area contributed by atoms with Crippen molar-refractivity contribution in [2.45, 2.75) is 39.7 Å². The van der Waals surface area contributed by atoms with E-state index < -0.39 is 23.9 Å². The number of carbonyl (C=O) groups is 3. The quantitative estimate of drug-likeness (QED) is 0.553. The van der Waals surface area contributed by atoms with Gasteiger partial charge in [0, 0.05) is 5.56 Å². The number of amides is 2. The molecule has 0 aliphatic rings. The summed E-state index contributed by atoms with van der Waals surface area (Å²) < 4.78 is 10.5. The minimum Gasteiger partial charge on any atom is -0.482 e. The maximum Gasteiger partial charge on any atom is 0.344 e. The van der Waals surface area contributed by atoms with Crippen LogP contribution in [0.25, 0.3) is 0 Å². The predicted molar refractivity (Wildman–Crippen MR) is 108 cm³/mol. The van der Waals surface area contributed by atoms with Crippen molar-refractivity contribution in [2.75, 3.05) is 6.61 Å². The van der Waals surface area contributed by atoms with E-state index in [1.807, 2.05) is 19.1 Å². The summed E-state index contributed by atoms with van der Waals surface area (Å²) in [6.45, 7) is 7.28. The first-order chi connectivity index (χ1) is 13.8. The fourth-order valence-corrected chi connectivity index (χ4v) is 2.69. The molecule has 0 aromatic heterocycles. The summed E-state index contributed by atoms with van der Waals surface area (Å²) in [6.07, 6.45) is -1.09. The van der Waals surface area contributed by atoms with Crippen molar-refractivity contribution in [2.24, 2.45) is 0 Å². The van der Waals surface area contributed by atoms with Crippen LogP contribution in [0, 0.1) is 6.92 Å². The van der Waals surface area contributed by atoms with Crippen LogP contribution in [0.15, 0.2) is 48.5 Å². The molecule has 0 spiro atoms. The van der Waals surface area contributed by atoms with Crippen LogP contribution in [0.1, 0.15) is 48.2 Å². The second-order valence-corrected chi connectivity index (χ2v) is 6.90. The normalized spacial score (nSPS) is 11.5. The zero-order chi connectivity index (χ0) is 21.4. The molecule has 2 aromatic rings. The molecule has 2 amide bonds. The molecule has 0 aliphatic heterocycles. The first-order valence-corrected chi connectivity index (χ1v) is 9.36. The predicted octanol–water partition coefficient (Wildman–Crippen LogP) is 2.89. The van der Waals surface area contributed by atoms with E-state index in [-0.39, 0.29) is 6.61 Å². The summed E-state index contributed by atoms with van der Waals surface area (Å²) in [4.78, 5) is 35.8. The molecule has 2 rings (SSSR count). The minimum atomic E-state index is -1.09. The molecule has 0 radical (unpaired) electrons. The highest BCUT2D eigenvalue weighted by molar-refractivity contribution is 5.95. The molecule has 2 aromatic carbocycles. The zero-order valence-electron chi connectivity index (χ0n) is 17.0. The number of hydrazine groups is 1. The van der Waals surface area contributed by atoms with Gasteiger partial charge in [0.15, 0.2) is 12.7 Å². The third-order valence-corrected chi connectivity index (χ3v) is 4.23. The van der Waals surface area contributed by atoms with Crippen LogP contribution in [0.4, 0.5) is 0 Å². The number of benzene rings is 2. The summed E-state index contributed by atoms with van der Waals surface area (Å²) in [7, 11) is 0. The molecule has 1 atom stereocenters. The van der Waals surface area contributed by atoms with Gasteiger partial charge in [-0.05, 0) is 55.2 Å². The SMILES string of the molecule is Cc1cc(OCC(=O)O[C@@H](C)C(=O)NNC(=O)c2ccccc2)ccc1C(C)C. The van der Waals surface area contributed by atoms with Gasteiger partial charge < -0.3 is 9.47 Å². The molecular weight excluding hydrogens is 372 g/mol. The molecule has 0 saturated heterocycles. The molecule has 0 bridgehead atoms. The molecule has 2 N–H and O–H groups in total. The second kappa shape index (κ2) is 10.3. The molecule has 7 nitrogen and oxygen atoms in total. The maximum absolute atomic E-state index is 12.0. The number of ether oxygens (including phenoxy) is 2. The number of esters is 1.